The lowest BCUT2D eigenvalue weighted by molar-refractivity contribution is -0.384. The zero-order valence-electron chi connectivity index (χ0n) is 19.3. The predicted octanol–water partition coefficient (Wildman–Crippen LogP) is 6.39. The van der Waals surface area contributed by atoms with Gasteiger partial charge in [-0.2, -0.15) is 0 Å². The Morgan fingerprint density at radius 2 is 1.50 bits per heavy atom. The second kappa shape index (κ2) is 10.9. The molecule has 0 aliphatic carbocycles. The smallest absolute Gasteiger partial charge is 0.343 e. The molecular weight excluding hydrogens is 458 g/mol. The molecule has 0 spiro atoms. The van der Waals surface area contributed by atoms with Gasteiger partial charge in [0.15, 0.2) is 17.3 Å². The third kappa shape index (κ3) is 5.71. The van der Waals surface area contributed by atoms with Gasteiger partial charge in [-0.1, -0.05) is 72.8 Å². The lowest BCUT2D eigenvalue weighted by atomic mass is 10.0. The van der Waals surface area contributed by atoms with Gasteiger partial charge in [0.2, 0.25) is 0 Å². The Balaban J connectivity index is 1.45. The molecule has 36 heavy (non-hydrogen) atoms. The highest BCUT2D eigenvalue weighted by Crippen LogP contribution is 2.30. The molecule has 0 aromatic heterocycles. The van der Waals surface area contributed by atoms with E-state index in [1.165, 1.54) is 37.5 Å². The van der Waals surface area contributed by atoms with Crippen molar-refractivity contribution >= 4 is 23.5 Å². The van der Waals surface area contributed by atoms with Crippen LogP contribution in [-0.4, -0.2) is 23.8 Å². The second-order valence-electron chi connectivity index (χ2n) is 7.75. The van der Waals surface area contributed by atoms with E-state index in [4.69, 9.17) is 9.47 Å². The van der Waals surface area contributed by atoms with Gasteiger partial charge >= 0.3 is 5.97 Å². The van der Waals surface area contributed by atoms with Crippen LogP contribution in [0.4, 0.5) is 5.69 Å². The number of ether oxygens (including phenoxy) is 2. The Bertz CT molecular complexity index is 1440. The maximum absolute atomic E-state index is 12.6. The highest BCUT2D eigenvalue weighted by molar-refractivity contribution is 6.07. The van der Waals surface area contributed by atoms with Crippen LogP contribution in [0.3, 0.4) is 0 Å². The number of carbonyl (C=O) groups is 2. The maximum Gasteiger partial charge on any atom is 0.343 e. The molecule has 0 heterocycles. The number of hydrogen-bond acceptors (Lipinski definition) is 6. The largest absolute Gasteiger partial charge is 0.493 e. The van der Waals surface area contributed by atoms with E-state index in [-0.39, 0.29) is 28.5 Å². The van der Waals surface area contributed by atoms with E-state index in [0.29, 0.717) is 11.1 Å². The molecule has 0 bridgehead atoms. The molecule has 4 aromatic carbocycles. The van der Waals surface area contributed by atoms with Crippen molar-refractivity contribution in [3.8, 4) is 22.6 Å². The van der Waals surface area contributed by atoms with Crippen molar-refractivity contribution in [1.29, 1.82) is 0 Å². The summed E-state index contributed by atoms with van der Waals surface area (Å²) < 4.78 is 10.7. The summed E-state index contributed by atoms with van der Waals surface area (Å²) in [5.74, 6) is -0.492. The van der Waals surface area contributed by atoms with E-state index in [0.717, 1.165) is 17.2 Å². The zero-order valence-corrected chi connectivity index (χ0v) is 19.3. The molecule has 7 heteroatoms. The minimum absolute atomic E-state index is 0.0408. The third-order valence-corrected chi connectivity index (χ3v) is 5.39. The zero-order chi connectivity index (χ0) is 25.5. The third-order valence-electron chi connectivity index (χ3n) is 5.39. The van der Waals surface area contributed by atoms with Crippen LogP contribution < -0.4 is 9.47 Å². The van der Waals surface area contributed by atoms with Crippen molar-refractivity contribution < 1.29 is 24.0 Å². The molecule has 0 radical (unpaired) electrons. The van der Waals surface area contributed by atoms with Crippen LogP contribution >= 0.6 is 0 Å². The SMILES string of the molecule is COc1cc(/C=C/C(=O)c2ccc(-c3ccccc3)cc2)ccc1OC(=O)c1cccc([N+](=O)[O-])c1. The number of methoxy groups -OCH3 is 1. The Hall–Kier alpha value is -5.04. The minimum Gasteiger partial charge on any atom is -0.493 e. The van der Waals surface area contributed by atoms with Crippen LogP contribution in [0.1, 0.15) is 26.3 Å². The minimum atomic E-state index is -0.755. The monoisotopic (exact) mass is 479 g/mol. The van der Waals surface area contributed by atoms with Crippen molar-refractivity contribution in [2.75, 3.05) is 7.11 Å². The van der Waals surface area contributed by atoms with Crippen LogP contribution in [0.25, 0.3) is 17.2 Å². The average molecular weight is 479 g/mol. The summed E-state index contributed by atoms with van der Waals surface area (Å²) in [4.78, 5) is 35.5. The van der Waals surface area contributed by atoms with Crippen molar-refractivity contribution in [2.24, 2.45) is 0 Å². The van der Waals surface area contributed by atoms with E-state index in [9.17, 15) is 19.7 Å². The molecule has 0 aliphatic rings. The van der Waals surface area contributed by atoms with Crippen molar-refractivity contribution in [3.63, 3.8) is 0 Å². The van der Waals surface area contributed by atoms with Crippen molar-refractivity contribution in [2.45, 2.75) is 0 Å². The van der Waals surface area contributed by atoms with Crippen LogP contribution in [-0.2, 0) is 0 Å². The Kier molecular flexibility index (Phi) is 7.31. The van der Waals surface area contributed by atoms with Gasteiger partial charge in [0.25, 0.3) is 5.69 Å². The normalized spacial score (nSPS) is 10.7. The molecule has 4 aromatic rings. The summed E-state index contributed by atoms with van der Waals surface area (Å²) in [6.07, 6.45) is 3.10. The number of nitrogens with zero attached hydrogens (tertiary/aromatic N) is 1. The van der Waals surface area contributed by atoms with Gasteiger partial charge in [0.1, 0.15) is 0 Å². The standard InChI is InChI=1S/C29H21NO6/c1-35-28-18-20(11-17-27(28)36-29(32)24-8-5-9-25(19-24)30(33)34)10-16-26(31)23-14-12-22(13-15-23)21-6-3-2-4-7-21/h2-19H,1H3/b16-10+. The Morgan fingerprint density at radius 1 is 0.778 bits per heavy atom. The van der Waals surface area contributed by atoms with Crippen molar-refractivity contribution in [1.82, 2.24) is 0 Å². The van der Waals surface area contributed by atoms with Crippen molar-refractivity contribution in [3.05, 3.63) is 130 Å². The second-order valence-corrected chi connectivity index (χ2v) is 7.75. The fraction of sp³-hybridized carbons (Fsp3) is 0.0345. The first-order chi connectivity index (χ1) is 17.4. The first kappa shape index (κ1) is 24.1. The highest BCUT2D eigenvalue weighted by atomic mass is 16.6. The number of nitro benzene ring substituents is 1. The summed E-state index contributed by atoms with van der Waals surface area (Å²) in [5.41, 5.74) is 3.15. The quantitative estimate of drug-likeness (QED) is 0.0726. The molecule has 0 N–H and O–H groups in total. The molecule has 0 fully saturated rings. The van der Waals surface area contributed by atoms with E-state index in [1.54, 1.807) is 30.3 Å². The molecule has 178 valence electrons. The fourth-order valence-corrected chi connectivity index (χ4v) is 3.50. The molecule has 7 nitrogen and oxygen atoms in total. The highest BCUT2D eigenvalue weighted by Gasteiger charge is 2.16. The Morgan fingerprint density at radius 3 is 2.19 bits per heavy atom. The number of esters is 1. The van der Waals surface area contributed by atoms with Gasteiger partial charge in [-0.05, 0) is 41.0 Å². The van der Waals surface area contributed by atoms with Crippen LogP contribution in [0.15, 0.2) is 103 Å². The Labute approximate surface area is 207 Å². The molecule has 0 unspecified atom stereocenters. The van der Waals surface area contributed by atoms with Gasteiger partial charge in [-0.15, -0.1) is 0 Å². The van der Waals surface area contributed by atoms with Gasteiger partial charge < -0.3 is 9.47 Å². The van der Waals surface area contributed by atoms with E-state index >= 15 is 0 Å². The number of rotatable bonds is 8. The first-order valence-corrected chi connectivity index (χ1v) is 11.0. The molecule has 0 saturated heterocycles. The summed E-state index contributed by atoms with van der Waals surface area (Å²) >= 11 is 0. The molecular formula is C29H21NO6. The van der Waals surface area contributed by atoms with Gasteiger partial charge in [0, 0.05) is 17.7 Å². The molecule has 0 atom stereocenters. The fourth-order valence-electron chi connectivity index (χ4n) is 3.50. The summed E-state index contributed by atoms with van der Waals surface area (Å²) in [5, 5.41) is 10.9. The maximum atomic E-state index is 12.6. The number of allylic oxidation sites excluding steroid dienone is 1. The van der Waals surface area contributed by atoms with Gasteiger partial charge in [-0.25, -0.2) is 4.79 Å². The van der Waals surface area contributed by atoms with Crippen LogP contribution in [0.5, 0.6) is 11.5 Å². The first-order valence-electron chi connectivity index (χ1n) is 11.0. The number of ketones is 1. The molecule has 0 aliphatic heterocycles. The van der Waals surface area contributed by atoms with Gasteiger partial charge in [0.05, 0.1) is 17.6 Å². The lowest BCUT2D eigenvalue weighted by Gasteiger charge is -2.10. The van der Waals surface area contributed by atoms with Gasteiger partial charge in [-0.3, -0.25) is 14.9 Å². The summed E-state index contributed by atoms with van der Waals surface area (Å²) in [6.45, 7) is 0. The van der Waals surface area contributed by atoms with Crippen LogP contribution in [0.2, 0.25) is 0 Å². The number of nitro groups is 1. The lowest BCUT2D eigenvalue weighted by Crippen LogP contribution is -2.09. The predicted molar refractivity (Wildman–Crippen MR) is 136 cm³/mol. The summed E-state index contributed by atoms with van der Waals surface area (Å²) in [6, 6.07) is 27.4. The molecule has 4 rings (SSSR count). The molecule has 0 saturated carbocycles. The van der Waals surface area contributed by atoms with E-state index in [1.807, 2.05) is 42.5 Å². The van der Waals surface area contributed by atoms with E-state index in [2.05, 4.69) is 0 Å². The summed E-state index contributed by atoms with van der Waals surface area (Å²) in [7, 11) is 1.42. The number of non-ortho nitro benzene ring substituents is 1. The van der Waals surface area contributed by atoms with Crippen LogP contribution in [0, 0.1) is 10.1 Å². The number of benzene rings is 4. The average Bonchev–Trinajstić information content (AvgIpc) is 2.92. The number of carbonyl (C=O) groups excluding carboxylic acids is 2. The van der Waals surface area contributed by atoms with E-state index < -0.39 is 10.9 Å². The topological polar surface area (TPSA) is 95.7 Å². The molecule has 0 amide bonds. The number of hydrogen-bond donors (Lipinski definition) is 0.